The largest absolute Gasteiger partial charge is 0.385 e. The third-order valence-electron chi connectivity index (χ3n) is 3.71. The Morgan fingerprint density at radius 1 is 1.45 bits per heavy atom. The third kappa shape index (κ3) is 2.12. The predicted octanol–water partition coefficient (Wildman–Crippen LogP) is 0.992. The fourth-order valence-electron chi connectivity index (χ4n) is 2.72. The Kier molecular flexibility index (Phi) is 3.31. The molecule has 1 amide bonds. The third-order valence-corrected chi connectivity index (χ3v) is 3.71. The number of hydrogen-bond donors (Lipinski definition) is 1. The van der Waals surface area contributed by atoms with Gasteiger partial charge in [0.05, 0.1) is 23.0 Å². The molecule has 6 nitrogen and oxygen atoms in total. The number of methoxy groups -OCH3 is 1. The molecule has 0 saturated carbocycles. The molecule has 2 aromatic rings. The first-order valence-electron chi connectivity index (χ1n) is 6.73. The Labute approximate surface area is 117 Å². The highest BCUT2D eigenvalue weighted by molar-refractivity contribution is 6.01. The zero-order valence-electron chi connectivity index (χ0n) is 11.5. The van der Waals surface area contributed by atoms with E-state index in [1.807, 2.05) is 12.4 Å². The molecule has 0 aliphatic carbocycles. The zero-order chi connectivity index (χ0) is 14.1. The summed E-state index contributed by atoms with van der Waals surface area (Å²) in [6.45, 7) is 3.45. The Morgan fingerprint density at radius 2 is 2.30 bits per heavy atom. The molecule has 0 unspecified atom stereocenters. The van der Waals surface area contributed by atoms with Crippen molar-refractivity contribution >= 4 is 22.6 Å². The van der Waals surface area contributed by atoms with Crippen molar-refractivity contribution in [2.75, 3.05) is 31.7 Å². The number of carbonyl (C=O) groups excluding carboxylic acids is 1. The van der Waals surface area contributed by atoms with Crippen molar-refractivity contribution in [3.05, 3.63) is 24.0 Å². The van der Waals surface area contributed by atoms with E-state index >= 15 is 0 Å². The maximum absolute atomic E-state index is 11.5. The molecule has 6 heteroatoms. The lowest BCUT2D eigenvalue weighted by atomic mass is 10.1. The molecule has 0 radical (unpaired) electrons. The molecular formula is C14H18N4O2. The fraction of sp³-hybridized carbons (Fsp3) is 0.429. The minimum Gasteiger partial charge on any atom is -0.385 e. The lowest BCUT2D eigenvalue weighted by Crippen LogP contribution is -2.33. The van der Waals surface area contributed by atoms with E-state index in [1.54, 1.807) is 13.2 Å². The number of ether oxygens (including phenoxy) is 1. The summed E-state index contributed by atoms with van der Waals surface area (Å²) < 4.78 is 7.23. The van der Waals surface area contributed by atoms with E-state index in [9.17, 15) is 4.79 Å². The summed E-state index contributed by atoms with van der Waals surface area (Å²) in [5, 5.41) is 0. The molecule has 3 rings (SSSR count). The van der Waals surface area contributed by atoms with Crippen molar-refractivity contribution in [3.8, 4) is 0 Å². The van der Waals surface area contributed by atoms with Gasteiger partial charge in [-0.25, -0.2) is 4.98 Å². The Balaban J connectivity index is 2.02. The van der Waals surface area contributed by atoms with Crippen LogP contribution in [-0.4, -0.2) is 42.3 Å². The van der Waals surface area contributed by atoms with Gasteiger partial charge in [0.25, 0.3) is 0 Å². The van der Waals surface area contributed by atoms with Crippen molar-refractivity contribution in [2.24, 2.45) is 5.73 Å². The summed E-state index contributed by atoms with van der Waals surface area (Å²) in [4.78, 5) is 18.1. The summed E-state index contributed by atoms with van der Waals surface area (Å²) in [6, 6.07) is 3.63. The zero-order valence-corrected chi connectivity index (χ0v) is 11.5. The van der Waals surface area contributed by atoms with Gasteiger partial charge in [-0.05, 0) is 18.6 Å². The minimum atomic E-state index is -0.417. The second-order valence-corrected chi connectivity index (χ2v) is 5.00. The summed E-state index contributed by atoms with van der Waals surface area (Å²) in [5.41, 5.74) is 8.87. The van der Waals surface area contributed by atoms with E-state index in [2.05, 4.69) is 14.5 Å². The van der Waals surface area contributed by atoms with Crippen LogP contribution in [0.4, 0.5) is 5.69 Å². The van der Waals surface area contributed by atoms with Crippen LogP contribution in [0.1, 0.15) is 16.8 Å². The van der Waals surface area contributed by atoms with Gasteiger partial charge in [0.15, 0.2) is 0 Å². The highest BCUT2D eigenvalue weighted by Crippen LogP contribution is 2.31. The number of carbonyl (C=O) groups is 1. The van der Waals surface area contributed by atoms with E-state index in [0.717, 1.165) is 49.4 Å². The molecule has 0 fully saturated rings. The molecule has 0 atom stereocenters. The van der Waals surface area contributed by atoms with Crippen LogP contribution in [0.5, 0.6) is 0 Å². The van der Waals surface area contributed by atoms with Crippen molar-refractivity contribution in [3.63, 3.8) is 0 Å². The Morgan fingerprint density at radius 3 is 3.05 bits per heavy atom. The number of primary amides is 1. The number of anilines is 1. The number of hydrogen-bond acceptors (Lipinski definition) is 4. The van der Waals surface area contributed by atoms with Gasteiger partial charge in [-0.2, -0.15) is 0 Å². The second kappa shape index (κ2) is 5.13. The van der Waals surface area contributed by atoms with E-state index in [4.69, 9.17) is 10.5 Å². The molecule has 106 valence electrons. The van der Waals surface area contributed by atoms with Gasteiger partial charge in [-0.3, -0.25) is 4.79 Å². The number of imidazole rings is 1. The molecule has 2 N–H and O–H groups in total. The number of benzene rings is 1. The molecular weight excluding hydrogens is 256 g/mol. The Hall–Kier alpha value is -2.08. The van der Waals surface area contributed by atoms with Gasteiger partial charge >= 0.3 is 0 Å². The number of aromatic nitrogens is 2. The van der Waals surface area contributed by atoms with E-state index in [1.165, 1.54) is 0 Å². The van der Waals surface area contributed by atoms with Crippen LogP contribution >= 0.6 is 0 Å². The normalized spacial score (nSPS) is 13.9. The lowest BCUT2D eigenvalue weighted by Gasteiger charge is -2.30. The maximum atomic E-state index is 11.5. The van der Waals surface area contributed by atoms with Crippen LogP contribution < -0.4 is 10.6 Å². The van der Waals surface area contributed by atoms with Crippen LogP contribution in [0, 0.1) is 0 Å². The van der Waals surface area contributed by atoms with Gasteiger partial charge in [0.2, 0.25) is 5.91 Å². The van der Waals surface area contributed by atoms with Gasteiger partial charge in [0.1, 0.15) is 0 Å². The molecule has 20 heavy (non-hydrogen) atoms. The lowest BCUT2D eigenvalue weighted by molar-refractivity contribution is 0.100. The van der Waals surface area contributed by atoms with Crippen molar-refractivity contribution in [1.29, 1.82) is 0 Å². The number of nitrogens with two attached hydrogens (primary N) is 1. The van der Waals surface area contributed by atoms with E-state index < -0.39 is 5.91 Å². The minimum absolute atomic E-state index is 0.417. The monoisotopic (exact) mass is 274 g/mol. The molecule has 0 saturated heterocycles. The van der Waals surface area contributed by atoms with Crippen molar-refractivity contribution < 1.29 is 9.53 Å². The summed E-state index contributed by atoms with van der Waals surface area (Å²) in [6.07, 6.45) is 2.78. The average molecular weight is 274 g/mol. The van der Waals surface area contributed by atoms with Crippen LogP contribution in [0.25, 0.3) is 11.0 Å². The van der Waals surface area contributed by atoms with Gasteiger partial charge < -0.3 is 19.9 Å². The van der Waals surface area contributed by atoms with Crippen LogP contribution in [0.3, 0.4) is 0 Å². The second-order valence-electron chi connectivity index (χ2n) is 5.00. The summed E-state index contributed by atoms with van der Waals surface area (Å²) in [7, 11) is 1.71. The summed E-state index contributed by atoms with van der Waals surface area (Å²) in [5.74, 6) is -0.417. The first-order chi connectivity index (χ1) is 9.70. The average Bonchev–Trinajstić information content (AvgIpc) is 2.86. The van der Waals surface area contributed by atoms with Crippen molar-refractivity contribution in [2.45, 2.75) is 13.0 Å². The molecule has 1 aromatic heterocycles. The van der Waals surface area contributed by atoms with Crippen LogP contribution in [0.15, 0.2) is 18.5 Å². The molecule has 1 aromatic carbocycles. The van der Waals surface area contributed by atoms with Gasteiger partial charge in [0, 0.05) is 38.9 Å². The van der Waals surface area contributed by atoms with E-state index in [-0.39, 0.29) is 0 Å². The van der Waals surface area contributed by atoms with Crippen LogP contribution in [0.2, 0.25) is 0 Å². The first-order valence-corrected chi connectivity index (χ1v) is 6.73. The molecule has 1 aliphatic rings. The maximum Gasteiger partial charge on any atom is 0.248 e. The fourth-order valence-corrected chi connectivity index (χ4v) is 2.72. The molecule has 1 aliphatic heterocycles. The van der Waals surface area contributed by atoms with E-state index in [0.29, 0.717) is 5.56 Å². The molecule has 2 heterocycles. The molecule has 0 spiro atoms. The number of amides is 1. The smallest absolute Gasteiger partial charge is 0.248 e. The van der Waals surface area contributed by atoms with Crippen molar-refractivity contribution in [1.82, 2.24) is 9.55 Å². The predicted molar refractivity (Wildman–Crippen MR) is 77.0 cm³/mol. The Bertz CT molecular complexity index is 650. The van der Waals surface area contributed by atoms with Gasteiger partial charge in [-0.1, -0.05) is 0 Å². The number of rotatable bonds is 5. The van der Waals surface area contributed by atoms with Crippen LogP contribution in [-0.2, 0) is 11.3 Å². The SMILES string of the molecule is COCCCN1CCn2cnc3cc(C(N)=O)cc1c32. The molecule has 0 bridgehead atoms. The quantitative estimate of drug-likeness (QED) is 0.825. The highest BCUT2D eigenvalue weighted by Gasteiger charge is 2.21. The summed E-state index contributed by atoms with van der Waals surface area (Å²) >= 11 is 0. The van der Waals surface area contributed by atoms with Gasteiger partial charge in [-0.15, -0.1) is 0 Å². The number of nitrogens with zero attached hydrogens (tertiary/aromatic N) is 3. The highest BCUT2D eigenvalue weighted by atomic mass is 16.5. The topological polar surface area (TPSA) is 73.4 Å². The first kappa shape index (κ1) is 12.9. The standard InChI is InChI=1S/C14H18N4O2/c1-20-6-2-3-17-4-5-18-9-16-11-7-10(14(15)19)8-12(17)13(11)18/h7-9H,2-6H2,1H3,(H2,15,19).